The Labute approximate surface area is 109 Å². The lowest BCUT2D eigenvalue weighted by molar-refractivity contribution is 0.626. The quantitative estimate of drug-likeness (QED) is 0.523. The summed E-state index contributed by atoms with van der Waals surface area (Å²) < 4.78 is 15.3. The molecule has 0 radical (unpaired) electrons. The van der Waals surface area contributed by atoms with Crippen LogP contribution in [0.4, 0.5) is 10.1 Å². The van der Waals surface area contributed by atoms with Gasteiger partial charge in [0.2, 0.25) is 0 Å². The number of anilines is 1. The molecule has 0 bridgehead atoms. The van der Waals surface area contributed by atoms with Gasteiger partial charge in [-0.3, -0.25) is 0 Å². The summed E-state index contributed by atoms with van der Waals surface area (Å²) >= 11 is 0. The molecular weight excluding hydrogens is 241 g/mol. The van der Waals surface area contributed by atoms with Crippen LogP contribution in [0.15, 0.2) is 30.5 Å². The van der Waals surface area contributed by atoms with Gasteiger partial charge in [-0.1, -0.05) is 0 Å². The molecular formula is C15H12FN3. The van der Waals surface area contributed by atoms with Crippen molar-refractivity contribution < 1.29 is 4.39 Å². The Morgan fingerprint density at radius 2 is 2.16 bits per heavy atom. The molecule has 0 fully saturated rings. The Bertz CT molecular complexity index is 833. The van der Waals surface area contributed by atoms with Crippen LogP contribution in [0.2, 0.25) is 0 Å². The second-order valence-corrected chi connectivity index (χ2v) is 5.04. The Hall–Kier alpha value is -2.36. The molecule has 0 saturated carbocycles. The fourth-order valence-corrected chi connectivity index (χ4v) is 2.89. The molecule has 2 heterocycles. The molecule has 2 N–H and O–H groups in total. The highest BCUT2D eigenvalue weighted by molar-refractivity contribution is 5.76. The van der Waals surface area contributed by atoms with Gasteiger partial charge in [0.1, 0.15) is 11.5 Å². The van der Waals surface area contributed by atoms with Crippen LogP contribution in [-0.2, 0) is 6.42 Å². The van der Waals surface area contributed by atoms with Gasteiger partial charge < -0.3 is 10.1 Å². The monoisotopic (exact) mass is 253 g/mol. The smallest absolute Gasteiger partial charge is 0.140 e. The first-order valence-electron chi connectivity index (χ1n) is 6.19. The molecule has 2 aromatic heterocycles. The number of nitrogens with two attached hydrogens (primary N) is 1. The van der Waals surface area contributed by atoms with Crippen LogP contribution in [0.3, 0.4) is 0 Å². The van der Waals surface area contributed by atoms with Crippen molar-refractivity contribution in [3.63, 3.8) is 0 Å². The summed E-state index contributed by atoms with van der Waals surface area (Å²) in [5.74, 6) is -0.200. The van der Waals surface area contributed by atoms with Gasteiger partial charge in [-0.2, -0.15) is 0 Å². The normalized spacial score (nSPS) is 12.7. The van der Waals surface area contributed by atoms with E-state index in [1.165, 1.54) is 6.07 Å². The van der Waals surface area contributed by atoms with Crippen molar-refractivity contribution in [1.29, 1.82) is 0 Å². The summed E-state index contributed by atoms with van der Waals surface area (Å²) in [7, 11) is 0. The highest BCUT2D eigenvalue weighted by Crippen LogP contribution is 2.37. The maximum absolute atomic E-state index is 13.3. The Morgan fingerprint density at radius 1 is 1.32 bits per heavy atom. The molecule has 94 valence electrons. The number of hydrogen-bond donors (Lipinski definition) is 1. The molecule has 1 aliphatic carbocycles. The number of rotatable bonds is 0. The standard InChI is InChI=1S/C15H12FN3/c1-8-4-11(17)7-19-13-6-9-5-10(16)2-3-12(9)14(13)18-15(8)19/h2-5,7H,6,17H2,1H3. The minimum atomic E-state index is -0.200. The van der Waals surface area contributed by atoms with Gasteiger partial charge in [-0.25, -0.2) is 9.37 Å². The fourth-order valence-electron chi connectivity index (χ4n) is 2.89. The van der Waals surface area contributed by atoms with Crippen LogP contribution in [0.1, 0.15) is 16.8 Å². The first kappa shape index (κ1) is 10.6. The SMILES string of the molecule is Cc1cc(N)cn2c3c(nc12)-c1ccc(F)cc1C3. The van der Waals surface area contributed by atoms with Crippen molar-refractivity contribution in [2.24, 2.45) is 0 Å². The fraction of sp³-hybridized carbons (Fsp3) is 0.133. The molecule has 1 aromatic carbocycles. The summed E-state index contributed by atoms with van der Waals surface area (Å²) in [6.07, 6.45) is 2.59. The predicted octanol–water partition coefficient (Wildman–Crippen LogP) is 2.94. The van der Waals surface area contributed by atoms with Crippen molar-refractivity contribution in [3.8, 4) is 11.3 Å². The summed E-state index contributed by atoms with van der Waals surface area (Å²) in [5.41, 5.74) is 12.6. The van der Waals surface area contributed by atoms with Crippen molar-refractivity contribution in [2.45, 2.75) is 13.3 Å². The van der Waals surface area contributed by atoms with E-state index in [4.69, 9.17) is 5.73 Å². The van der Waals surface area contributed by atoms with Gasteiger partial charge in [-0.15, -0.1) is 0 Å². The average molecular weight is 253 g/mol. The number of aromatic nitrogens is 2. The first-order chi connectivity index (χ1) is 9.13. The lowest BCUT2D eigenvalue weighted by atomic mass is 10.1. The Balaban J connectivity index is 2.07. The third kappa shape index (κ3) is 1.34. The zero-order chi connectivity index (χ0) is 13.1. The molecule has 0 spiro atoms. The zero-order valence-electron chi connectivity index (χ0n) is 10.4. The second-order valence-electron chi connectivity index (χ2n) is 5.04. The average Bonchev–Trinajstić information content (AvgIpc) is 2.85. The molecule has 4 rings (SSSR count). The van der Waals surface area contributed by atoms with E-state index < -0.39 is 0 Å². The summed E-state index contributed by atoms with van der Waals surface area (Å²) in [6.45, 7) is 2.00. The van der Waals surface area contributed by atoms with Crippen molar-refractivity contribution in [3.05, 3.63) is 53.1 Å². The first-order valence-corrected chi connectivity index (χ1v) is 6.19. The number of aryl methyl sites for hydroxylation is 1. The van der Waals surface area contributed by atoms with E-state index in [2.05, 4.69) is 4.98 Å². The number of hydrogen-bond acceptors (Lipinski definition) is 2. The highest BCUT2D eigenvalue weighted by atomic mass is 19.1. The van der Waals surface area contributed by atoms with Crippen molar-refractivity contribution >= 4 is 11.3 Å². The highest BCUT2D eigenvalue weighted by Gasteiger charge is 2.25. The molecule has 0 saturated heterocycles. The number of pyridine rings is 1. The number of imidazole rings is 1. The predicted molar refractivity (Wildman–Crippen MR) is 72.5 cm³/mol. The lowest BCUT2D eigenvalue weighted by Crippen LogP contribution is -1.97. The lowest BCUT2D eigenvalue weighted by Gasteiger charge is -2.04. The van der Waals surface area contributed by atoms with Crippen LogP contribution in [-0.4, -0.2) is 9.38 Å². The van der Waals surface area contributed by atoms with Crippen molar-refractivity contribution in [1.82, 2.24) is 9.38 Å². The Kier molecular flexibility index (Phi) is 1.86. The van der Waals surface area contributed by atoms with Gasteiger partial charge in [-0.05, 0) is 42.3 Å². The number of nitrogen functional groups attached to an aromatic ring is 1. The third-order valence-electron chi connectivity index (χ3n) is 3.70. The van der Waals surface area contributed by atoms with Crippen LogP contribution in [0, 0.1) is 12.7 Å². The molecule has 0 amide bonds. The summed E-state index contributed by atoms with van der Waals surface area (Å²) in [6, 6.07) is 6.80. The second kappa shape index (κ2) is 3.35. The number of halogens is 1. The van der Waals surface area contributed by atoms with E-state index in [-0.39, 0.29) is 5.82 Å². The molecule has 0 atom stereocenters. The number of benzene rings is 1. The zero-order valence-corrected chi connectivity index (χ0v) is 10.4. The van der Waals surface area contributed by atoms with E-state index >= 15 is 0 Å². The van der Waals surface area contributed by atoms with Gasteiger partial charge >= 0.3 is 0 Å². The van der Waals surface area contributed by atoms with Crippen molar-refractivity contribution in [2.75, 3.05) is 5.73 Å². The molecule has 19 heavy (non-hydrogen) atoms. The van der Waals surface area contributed by atoms with E-state index in [9.17, 15) is 4.39 Å². The Morgan fingerprint density at radius 3 is 3.00 bits per heavy atom. The molecule has 3 aromatic rings. The topological polar surface area (TPSA) is 43.3 Å². The van der Waals surface area contributed by atoms with E-state index in [1.807, 2.05) is 29.7 Å². The molecule has 0 unspecified atom stereocenters. The van der Waals surface area contributed by atoms with Gasteiger partial charge in [0, 0.05) is 23.9 Å². The minimum absolute atomic E-state index is 0.200. The molecule has 4 heteroatoms. The van der Waals surface area contributed by atoms with E-state index in [1.54, 1.807) is 6.07 Å². The van der Waals surface area contributed by atoms with Crippen LogP contribution < -0.4 is 5.73 Å². The van der Waals surface area contributed by atoms with Gasteiger partial charge in [0.05, 0.1) is 11.4 Å². The summed E-state index contributed by atoms with van der Waals surface area (Å²) in [4.78, 5) is 4.69. The number of fused-ring (bicyclic) bond motifs is 5. The third-order valence-corrected chi connectivity index (χ3v) is 3.70. The molecule has 0 aliphatic heterocycles. The minimum Gasteiger partial charge on any atom is -0.398 e. The van der Waals surface area contributed by atoms with Crippen LogP contribution in [0.25, 0.3) is 16.9 Å². The van der Waals surface area contributed by atoms with E-state index in [0.29, 0.717) is 12.1 Å². The summed E-state index contributed by atoms with van der Waals surface area (Å²) in [5, 5.41) is 0. The van der Waals surface area contributed by atoms with Crippen LogP contribution >= 0.6 is 0 Å². The van der Waals surface area contributed by atoms with Gasteiger partial charge in [0.15, 0.2) is 0 Å². The maximum atomic E-state index is 13.3. The van der Waals surface area contributed by atoms with Gasteiger partial charge in [0.25, 0.3) is 0 Å². The maximum Gasteiger partial charge on any atom is 0.140 e. The largest absolute Gasteiger partial charge is 0.398 e. The van der Waals surface area contributed by atoms with Crippen LogP contribution in [0.5, 0.6) is 0 Å². The van der Waals surface area contributed by atoms with E-state index in [0.717, 1.165) is 33.7 Å². The number of nitrogens with zero attached hydrogens (tertiary/aromatic N) is 2. The molecule has 3 nitrogen and oxygen atoms in total. The molecule has 1 aliphatic rings.